The number of nitrogens with one attached hydrogen (secondary N) is 1. The average Bonchev–Trinajstić information content (AvgIpc) is 2.62. The Morgan fingerprint density at radius 1 is 0.917 bits per heavy atom. The molecule has 0 aliphatic rings. The van der Waals surface area contributed by atoms with Crippen molar-refractivity contribution in [1.82, 2.24) is 0 Å². The second-order valence-electron chi connectivity index (χ2n) is 5.49. The molecule has 0 radical (unpaired) electrons. The minimum absolute atomic E-state index is 0.206. The van der Waals surface area contributed by atoms with Crippen LogP contribution in [0.1, 0.15) is 15.9 Å². The Kier molecular flexibility index (Phi) is 4.38. The molecular weight excluding hydrogens is 302 g/mol. The van der Waals surface area contributed by atoms with E-state index in [4.69, 9.17) is 9.47 Å². The number of carbonyl (C=O) groups is 1. The molecule has 1 amide bonds. The van der Waals surface area contributed by atoms with E-state index in [-0.39, 0.29) is 5.91 Å². The van der Waals surface area contributed by atoms with Crippen LogP contribution in [0.3, 0.4) is 0 Å². The molecule has 0 heterocycles. The molecule has 4 nitrogen and oxygen atoms in total. The summed E-state index contributed by atoms with van der Waals surface area (Å²) in [6, 6.07) is 17.2. The van der Waals surface area contributed by atoms with E-state index in [1.165, 1.54) is 0 Å². The van der Waals surface area contributed by atoms with Crippen LogP contribution in [-0.4, -0.2) is 20.1 Å². The smallest absolute Gasteiger partial charge is 0.255 e. The maximum atomic E-state index is 12.7. The van der Waals surface area contributed by atoms with Crippen LogP contribution in [-0.2, 0) is 0 Å². The van der Waals surface area contributed by atoms with Crippen molar-refractivity contribution in [2.24, 2.45) is 0 Å². The molecule has 0 aromatic heterocycles. The highest BCUT2D eigenvalue weighted by molar-refractivity contribution is 6.09. The summed E-state index contributed by atoms with van der Waals surface area (Å²) in [5.41, 5.74) is 2.13. The van der Waals surface area contributed by atoms with Crippen LogP contribution in [0.2, 0.25) is 0 Å². The Bertz CT molecular complexity index is 872. The summed E-state index contributed by atoms with van der Waals surface area (Å²) in [6.45, 7) is 1.89. The topological polar surface area (TPSA) is 47.6 Å². The molecule has 0 bridgehead atoms. The number of rotatable bonds is 4. The van der Waals surface area contributed by atoms with Crippen LogP contribution in [0, 0.1) is 6.92 Å². The molecule has 0 saturated carbocycles. The zero-order valence-electron chi connectivity index (χ0n) is 13.9. The number of amides is 1. The lowest BCUT2D eigenvalue weighted by atomic mass is 10.1. The molecule has 0 unspecified atom stereocenters. The molecule has 0 aliphatic carbocycles. The Balaban J connectivity index is 1.98. The Morgan fingerprint density at radius 3 is 2.21 bits per heavy atom. The third kappa shape index (κ3) is 2.91. The first-order valence-electron chi connectivity index (χ1n) is 7.65. The van der Waals surface area contributed by atoms with E-state index in [1.54, 1.807) is 26.4 Å². The van der Waals surface area contributed by atoms with Crippen molar-refractivity contribution in [3.63, 3.8) is 0 Å². The highest BCUT2D eigenvalue weighted by Gasteiger charge is 2.14. The summed E-state index contributed by atoms with van der Waals surface area (Å²) in [4.78, 5) is 12.7. The normalized spacial score (nSPS) is 10.5. The molecular formula is C20H19NO3. The van der Waals surface area contributed by atoms with E-state index >= 15 is 0 Å². The Hall–Kier alpha value is -3.01. The molecule has 0 aliphatic heterocycles. The van der Waals surface area contributed by atoms with Crippen molar-refractivity contribution in [3.8, 4) is 11.5 Å². The number of benzene rings is 3. The lowest BCUT2D eigenvalue weighted by Gasteiger charge is -2.13. The molecule has 1 N–H and O–H groups in total. The van der Waals surface area contributed by atoms with Crippen LogP contribution >= 0.6 is 0 Å². The van der Waals surface area contributed by atoms with Gasteiger partial charge in [0.15, 0.2) is 0 Å². The lowest BCUT2D eigenvalue weighted by Crippen LogP contribution is -2.13. The van der Waals surface area contributed by atoms with Gasteiger partial charge in [0.25, 0.3) is 5.91 Å². The van der Waals surface area contributed by atoms with Gasteiger partial charge in [-0.2, -0.15) is 0 Å². The second kappa shape index (κ2) is 6.62. The molecule has 4 heteroatoms. The number of anilines is 1. The van der Waals surface area contributed by atoms with Crippen LogP contribution in [0.25, 0.3) is 10.8 Å². The largest absolute Gasteiger partial charge is 0.496 e. The van der Waals surface area contributed by atoms with Crippen molar-refractivity contribution in [2.45, 2.75) is 6.92 Å². The van der Waals surface area contributed by atoms with Gasteiger partial charge in [0.2, 0.25) is 0 Å². The first-order valence-corrected chi connectivity index (χ1v) is 7.65. The van der Waals surface area contributed by atoms with E-state index in [9.17, 15) is 4.79 Å². The van der Waals surface area contributed by atoms with Gasteiger partial charge >= 0.3 is 0 Å². The zero-order chi connectivity index (χ0) is 17.1. The monoisotopic (exact) mass is 321 g/mol. The van der Waals surface area contributed by atoms with Gasteiger partial charge in [0.05, 0.1) is 14.2 Å². The van der Waals surface area contributed by atoms with E-state index in [0.717, 1.165) is 22.0 Å². The maximum Gasteiger partial charge on any atom is 0.255 e. The number of hydrogen-bond donors (Lipinski definition) is 1. The summed E-state index contributed by atoms with van der Waals surface area (Å²) < 4.78 is 10.7. The van der Waals surface area contributed by atoms with E-state index < -0.39 is 0 Å². The van der Waals surface area contributed by atoms with E-state index in [2.05, 4.69) is 5.32 Å². The summed E-state index contributed by atoms with van der Waals surface area (Å²) in [5, 5.41) is 5.05. The van der Waals surface area contributed by atoms with Crippen LogP contribution < -0.4 is 14.8 Å². The molecule has 0 atom stereocenters. The summed E-state index contributed by atoms with van der Waals surface area (Å²) in [5.74, 6) is 1.04. The molecule has 3 aromatic rings. The molecule has 3 aromatic carbocycles. The van der Waals surface area contributed by atoms with Gasteiger partial charge in [-0.1, -0.05) is 36.4 Å². The Morgan fingerprint density at radius 2 is 1.54 bits per heavy atom. The number of fused-ring (bicyclic) bond motifs is 1. The fourth-order valence-electron chi connectivity index (χ4n) is 2.75. The van der Waals surface area contributed by atoms with Crippen LogP contribution in [0.4, 0.5) is 5.69 Å². The maximum absolute atomic E-state index is 12.7. The van der Waals surface area contributed by atoms with Gasteiger partial charge in [-0.15, -0.1) is 0 Å². The van der Waals surface area contributed by atoms with Gasteiger partial charge in [-0.3, -0.25) is 4.79 Å². The van der Waals surface area contributed by atoms with Crippen molar-refractivity contribution < 1.29 is 14.3 Å². The molecule has 3 rings (SSSR count). The van der Waals surface area contributed by atoms with Crippen LogP contribution in [0.15, 0.2) is 54.6 Å². The fourth-order valence-corrected chi connectivity index (χ4v) is 2.75. The molecule has 0 saturated heterocycles. The SMILES string of the molecule is COc1cc(C(=O)Nc2cccc3ccccc23)cc(OC)c1C. The first-order chi connectivity index (χ1) is 11.6. The minimum atomic E-state index is -0.206. The fraction of sp³-hybridized carbons (Fsp3) is 0.150. The van der Waals surface area contributed by atoms with Gasteiger partial charge in [-0.25, -0.2) is 0 Å². The lowest BCUT2D eigenvalue weighted by molar-refractivity contribution is 0.102. The first kappa shape index (κ1) is 15.9. The van der Waals surface area contributed by atoms with Gasteiger partial charge in [-0.05, 0) is 30.5 Å². The number of ether oxygens (including phenoxy) is 2. The third-order valence-electron chi connectivity index (χ3n) is 4.05. The quantitative estimate of drug-likeness (QED) is 0.774. The summed E-state index contributed by atoms with van der Waals surface area (Å²) in [6.07, 6.45) is 0. The van der Waals surface area contributed by atoms with Crippen molar-refractivity contribution in [1.29, 1.82) is 0 Å². The highest BCUT2D eigenvalue weighted by atomic mass is 16.5. The number of methoxy groups -OCH3 is 2. The van der Waals surface area contributed by atoms with E-state index in [1.807, 2.05) is 49.4 Å². The van der Waals surface area contributed by atoms with Crippen molar-refractivity contribution in [2.75, 3.05) is 19.5 Å². The highest BCUT2D eigenvalue weighted by Crippen LogP contribution is 2.30. The molecule has 0 spiro atoms. The zero-order valence-corrected chi connectivity index (χ0v) is 13.9. The van der Waals surface area contributed by atoms with Crippen molar-refractivity contribution >= 4 is 22.4 Å². The standard InChI is InChI=1S/C20H19NO3/c1-13-18(23-2)11-15(12-19(13)24-3)20(22)21-17-10-6-8-14-7-4-5-9-16(14)17/h4-12H,1-3H3,(H,21,22). The van der Waals surface area contributed by atoms with Gasteiger partial charge in [0.1, 0.15) is 11.5 Å². The second-order valence-corrected chi connectivity index (χ2v) is 5.49. The molecule has 24 heavy (non-hydrogen) atoms. The predicted molar refractivity (Wildman–Crippen MR) is 96.2 cm³/mol. The van der Waals surface area contributed by atoms with Gasteiger partial charge < -0.3 is 14.8 Å². The van der Waals surface area contributed by atoms with E-state index in [0.29, 0.717) is 17.1 Å². The molecule has 0 fully saturated rings. The van der Waals surface area contributed by atoms with Crippen LogP contribution in [0.5, 0.6) is 11.5 Å². The predicted octanol–water partition coefficient (Wildman–Crippen LogP) is 4.42. The average molecular weight is 321 g/mol. The minimum Gasteiger partial charge on any atom is -0.496 e. The summed E-state index contributed by atoms with van der Waals surface area (Å²) in [7, 11) is 3.16. The van der Waals surface area contributed by atoms with Gasteiger partial charge in [0, 0.05) is 22.2 Å². The number of hydrogen-bond acceptors (Lipinski definition) is 3. The van der Waals surface area contributed by atoms with Crippen molar-refractivity contribution in [3.05, 3.63) is 65.7 Å². The summed E-state index contributed by atoms with van der Waals surface area (Å²) >= 11 is 0. The number of carbonyl (C=O) groups excluding carboxylic acids is 1. The Labute approximate surface area is 141 Å². The third-order valence-corrected chi connectivity index (χ3v) is 4.05. The molecule has 122 valence electrons.